The van der Waals surface area contributed by atoms with Crippen LogP contribution in [0.4, 0.5) is 5.69 Å². The molecule has 5 aromatic rings. The average Bonchev–Trinajstić information content (AvgIpc) is 3.12. The van der Waals surface area contributed by atoms with Gasteiger partial charge >= 0.3 is 0 Å². The van der Waals surface area contributed by atoms with Crippen LogP contribution >= 0.6 is 0 Å². The summed E-state index contributed by atoms with van der Waals surface area (Å²) in [5.74, 6) is 0.637. The summed E-state index contributed by atoms with van der Waals surface area (Å²) in [6, 6.07) is 20.2. The number of non-ortho nitro benzene ring substituents is 1. The lowest BCUT2D eigenvalue weighted by Crippen LogP contribution is -2.00. The van der Waals surface area contributed by atoms with Gasteiger partial charge in [-0.1, -0.05) is 18.2 Å². The van der Waals surface area contributed by atoms with E-state index in [1.807, 2.05) is 34.9 Å². The molecule has 0 atom stereocenters. The number of fused-ring (bicyclic) bond motifs is 2. The third-order valence-electron chi connectivity index (χ3n) is 5.25. The quantitative estimate of drug-likeness (QED) is 0.311. The van der Waals surface area contributed by atoms with Crippen molar-refractivity contribution in [2.24, 2.45) is 0 Å². The normalized spacial score (nSPS) is 11.3. The number of imidazole rings is 1. The Labute approximate surface area is 171 Å². The van der Waals surface area contributed by atoms with Crippen molar-refractivity contribution >= 4 is 28.0 Å². The van der Waals surface area contributed by atoms with Crippen molar-refractivity contribution in [2.75, 3.05) is 0 Å². The zero-order chi connectivity index (χ0) is 20.8. The summed E-state index contributed by atoms with van der Waals surface area (Å²) in [6.07, 6.45) is 0. The third-order valence-corrected chi connectivity index (χ3v) is 5.25. The predicted octanol–water partition coefficient (Wildman–Crippen LogP) is 5.16. The molecule has 7 nitrogen and oxygen atoms in total. The molecule has 0 radical (unpaired) electrons. The second-order valence-electron chi connectivity index (χ2n) is 7.20. The number of aryl methyl sites for hydroxylation is 2. The smallest absolute Gasteiger partial charge is 0.269 e. The Kier molecular flexibility index (Phi) is 4.03. The van der Waals surface area contributed by atoms with Gasteiger partial charge in [-0.05, 0) is 61.4 Å². The minimum absolute atomic E-state index is 0.0366. The molecular weight excluding hydrogens is 378 g/mol. The SMILES string of the molecule is Cc1ccc(-n2c(-c3ccc([N+](=O)[O-])cc3)nc3nc4ccccc4nc32)cc1C. The second kappa shape index (κ2) is 6.73. The summed E-state index contributed by atoms with van der Waals surface area (Å²) < 4.78 is 1.96. The molecule has 5 rings (SSSR count). The first-order valence-electron chi connectivity index (χ1n) is 9.49. The van der Waals surface area contributed by atoms with Crippen LogP contribution in [0.2, 0.25) is 0 Å². The van der Waals surface area contributed by atoms with Gasteiger partial charge in [0.2, 0.25) is 0 Å². The van der Waals surface area contributed by atoms with Gasteiger partial charge in [-0.2, -0.15) is 0 Å². The van der Waals surface area contributed by atoms with E-state index in [4.69, 9.17) is 15.0 Å². The minimum Gasteiger partial charge on any atom is -0.275 e. The fourth-order valence-electron chi connectivity index (χ4n) is 3.49. The number of nitrogens with zero attached hydrogens (tertiary/aromatic N) is 5. The number of benzene rings is 3. The standard InChI is InChI=1S/C23H17N5O2/c1-14-7-10-18(13-15(14)2)27-22(16-8-11-17(12-9-16)28(29)30)26-21-23(27)25-20-6-4-3-5-19(20)24-21/h3-13H,1-2H3. The summed E-state index contributed by atoms with van der Waals surface area (Å²) in [5, 5.41) is 11.0. The van der Waals surface area contributed by atoms with Crippen molar-refractivity contribution in [3.05, 3.63) is 88.0 Å². The zero-order valence-corrected chi connectivity index (χ0v) is 16.4. The monoisotopic (exact) mass is 395 g/mol. The molecule has 0 aliphatic carbocycles. The number of hydrogen-bond acceptors (Lipinski definition) is 5. The molecule has 146 valence electrons. The summed E-state index contributed by atoms with van der Waals surface area (Å²) in [4.78, 5) is 24.9. The van der Waals surface area contributed by atoms with Crippen LogP contribution in [0.3, 0.4) is 0 Å². The minimum atomic E-state index is -0.411. The van der Waals surface area contributed by atoms with Gasteiger partial charge in [0.1, 0.15) is 5.82 Å². The van der Waals surface area contributed by atoms with Crippen molar-refractivity contribution in [2.45, 2.75) is 13.8 Å². The van der Waals surface area contributed by atoms with Gasteiger partial charge in [-0.25, -0.2) is 15.0 Å². The van der Waals surface area contributed by atoms with Crippen LogP contribution in [-0.4, -0.2) is 24.4 Å². The number of hydrogen-bond donors (Lipinski definition) is 0. The zero-order valence-electron chi connectivity index (χ0n) is 16.4. The van der Waals surface area contributed by atoms with Crippen molar-refractivity contribution in [1.29, 1.82) is 0 Å². The van der Waals surface area contributed by atoms with E-state index in [0.717, 1.165) is 27.8 Å². The van der Waals surface area contributed by atoms with Crippen molar-refractivity contribution in [1.82, 2.24) is 19.5 Å². The largest absolute Gasteiger partial charge is 0.275 e. The van der Waals surface area contributed by atoms with E-state index < -0.39 is 4.92 Å². The highest BCUT2D eigenvalue weighted by Crippen LogP contribution is 2.30. The number of nitro groups is 1. The molecule has 0 bridgehead atoms. The Morgan fingerprint density at radius 2 is 1.53 bits per heavy atom. The second-order valence-corrected chi connectivity index (χ2v) is 7.20. The Balaban J connectivity index is 1.82. The van der Waals surface area contributed by atoms with Crippen LogP contribution in [0.25, 0.3) is 39.4 Å². The molecule has 2 heterocycles. The fraction of sp³-hybridized carbons (Fsp3) is 0.0870. The maximum atomic E-state index is 11.0. The molecular formula is C23H17N5O2. The van der Waals surface area contributed by atoms with Crippen LogP contribution in [0.15, 0.2) is 66.7 Å². The van der Waals surface area contributed by atoms with E-state index in [1.54, 1.807) is 12.1 Å². The molecule has 3 aromatic carbocycles. The Morgan fingerprint density at radius 1 is 0.833 bits per heavy atom. The lowest BCUT2D eigenvalue weighted by atomic mass is 10.1. The topological polar surface area (TPSA) is 86.7 Å². The van der Waals surface area contributed by atoms with Crippen molar-refractivity contribution < 1.29 is 4.92 Å². The van der Waals surface area contributed by atoms with Crippen molar-refractivity contribution in [3.63, 3.8) is 0 Å². The maximum Gasteiger partial charge on any atom is 0.269 e. The van der Waals surface area contributed by atoms with Gasteiger partial charge in [-0.3, -0.25) is 14.7 Å². The summed E-state index contributed by atoms with van der Waals surface area (Å²) in [5.41, 5.74) is 6.77. The number of rotatable bonds is 3. The lowest BCUT2D eigenvalue weighted by molar-refractivity contribution is -0.384. The summed E-state index contributed by atoms with van der Waals surface area (Å²) in [7, 11) is 0. The fourth-order valence-corrected chi connectivity index (χ4v) is 3.49. The van der Waals surface area contributed by atoms with Gasteiger partial charge in [0.25, 0.3) is 5.69 Å². The highest BCUT2D eigenvalue weighted by Gasteiger charge is 2.18. The molecule has 0 amide bonds. The first kappa shape index (κ1) is 17.9. The first-order chi connectivity index (χ1) is 14.5. The van der Waals surface area contributed by atoms with Crippen LogP contribution in [0.5, 0.6) is 0 Å². The molecule has 0 saturated carbocycles. The lowest BCUT2D eigenvalue weighted by Gasteiger charge is -2.11. The van der Waals surface area contributed by atoms with E-state index in [0.29, 0.717) is 17.1 Å². The van der Waals surface area contributed by atoms with Crippen LogP contribution < -0.4 is 0 Å². The van der Waals surface area contributed by atoms with Crippen molar-refractivity contribution in [3.8, 4) is 17.1 Å². The highest BCUT2D eigenvalue weighted by molar-refractivity contribution is 5.86. The highest BCUT2D eigenvalue weighted by atomic mass is 16.6. The van der Waals surface area contributed by atoms with Gasteiger partial charge in [0.05, 0.1) is 16.0 Å². The Morgan fingerprint density at radius 3 is 2.20 bits per heavy atom. The van der Waals surface area contributed by atoms with E-state index >= 15 is 0 Å². The third kappa shape index (κ3) is 2.88. The van der Waals surface area contributed by atoms with E-state index in [2.05, 4.69) is 26.0 Å². The molecule has 0 unspecified atom stereocenters. The molecule has 2 aromatic heterocycles. The average molecular weight is 395 g/mol. The van der Waals surface area contributed by atoms with Gasteiger partial charge in [0, 0.05) is 23.4 Å². The maximum absolute atomic E-state index is 11.0. The number of para-hydroxylation sites is 2. The van der Waals surface area contributed by atoms with Gasteiger partial charge < -0.3 is 0 Å². The van der Waals surface area contributed by atoms with E-state index in [-0.39, 0.29) is 5.69 Å². The van der Waals surface area contributed by atoms with Crippen LogP contribution in [-0.2, 0) is 0 Å². The molecule has 30 heavy (non-hydrogen) atoms. The Bertz CT molecular complexity index is 1440. The van der Waals surface area contributed by atoms with E-state index in [1.165, 1.54) is 17.7 Å². The molecule has 0 fully saturated rings. The van der Waals surface area contributed by atoms with Gasteiger partial charge in [0.15, 0.2) is 11.3 Å². The molecule has 7 heteroatoms. The van der Waals surface area contributed by atoms with Gasteiger partial charge in [-0.15, -0.1) is 0 Å². The van der Waals surface area contributed by atoms with Crippen LogP contribution in [0, 0.1) is 24.0 Å². The number of nitro benzene ring substituents is 1. The van der Waals surface area contributed by atoms with Crippen LogP contribution in [0.1, 0.15) is 11.1 Å². The molecule has 0 aliphatic heterocycles. The molecule has 0 saturated heterocycles. The molecule has 0 aliphatic rings. The van der Waals surface area contributed by atoms with E-state index in [9.17, 15) is 10.1 Å². The Hall–Kier alpha value is -4.13. The number of aromatic nitrogens is 4. The summed E-state index contributed by atoms with van der Waals surface area (Å²) >= 11 is 0. The molecule has 0 N–H and O–H groups in total. The summed E-state index contributed by atoms with van der Waals surface area (Å²) in [6.45, 7) is 4.13. The molecule has 0 spiro atoms. The first-order valence-corrected chi connectivity index (χ1v) is 9.49. The predicted molar refractivity (Wildman–Crippen MR) is 116 cm³/mol.